The average molecular weight is 717 g/mol. The van der Waals surface area contributed by atoms with Crippen LogP contribution in [0.15, 0.2) is 12.7 Å². The molecule has 0 aromatic carbocycles. The number of fused-ring (bicyclic) bond motifs is 1. The molecule has 3 unspecified atom stereocenters. The Morgan fingerprint density at radius 2 is 1.61 bits per heavy atom. The summed E-state index contributed by atoms with van der Waals surface area (Å²) in [5.74, 6) is -2.38. The van der Waals surface area contributed by atoms with Crippen molar-refractivity contribution < 1.29 is 33.5 Å². The molecule has 0 aromatic rings. The van der Waals surface area contributed by atoms with Gasteiger partial charge in [-0.2, -0.15) is 0 Å². The number of likely N-dealkylation sites (tertiary alicyclic amines) is 1. The molecule has 1 aliphatic heterocycles. The lowest BCUT2D eigenvalue weighted by Crippen LogP contribution is -2.63. The molecule has 3 aliphatic rings. The summed E-state index contributed by atoms with van der Waals surface area (Å²) in [6.45, 7) is 21.5. The molecule has 2 saturated carbocycles. The van der Waals surface area contributed by atoms with Crippen LogP contribution in [-0.4, -0.2) is 90.4 Å². The van der Waals surface area contributed by atoms with Crippen LogP contribution in [-0.2, 0) is 23.9 Å². The number of nitrogens with one attached hydrogen (secondary N) is 5. The molecule has 1 saturated heterocycles. The standard InChI is InChI=1S/C38H64N6O7/c1-11-13-17-25(29(45)32(47)39-20-12-2)41-31(46)28-27-24(37(27,8)9)21-44(28)33(48)30(38(10)18-15-14-16-19-38)43-34(49)42-26(36(5,6)7)22-51-35(50)40-23(3)4/h12,23-28,30H,2,11,13-22H2,1,3-10H3,(H,39,47)(H,40,50)(H,41,46)(H2,42,43,49)/t24-,25?,26+,27?,28?,30+/m0/s1. The summed E-state index contributed by atoms with van der Waals surface area (Å²) in [6, 6.07) is -4.06. The van der Waals surface area contributed by atoms with Crippen LogP contribution in [0.1, 0.15) is 114 Å². The van der Waals surface area contributed by atoms with Gasteiger partial charge in [-0.05, 0) is 61.2 Å². The first-order chi connectivity index (χ1) is 23.8. The SMILES string of the molecule is C=CCNC(=O)C(=O)C(CCCC)NC(=O)C1C2[C@H](CN1C(=O)[C@@H](NC(=O)N[C@H](COC(=O)NC(C)C)C(C)(C)C)C1(C)CCCCC1)C2(C)C. The number of ether oxygens (including phenoxy) is 1. The van der Waals surface area contributed by atoms with Crippen molar-refractivity contribution in [2.45, 2.75) is 144 Å². The smallest absolute Gasteiger partial charge is 0.407 e. The molecule has 5 N–H and O–H groups in total. The number of piperidine rings is 1. The molecule has 13 heteroatoms. The Morgan fingerprint density at radius 3 is 2.18 bits per heavy atom. The van der Waals surface area contributed by atoms with Crippen molar-refractivity contribution >= 4 is 35.6 Å². The summed E-state index contributed by atoms with van der Waals surface area (Å²) < 4.78 is 5.43. The summed E-state index contributed by atoms with van der Waals surface area (Å²) in [5, 5.41) is 14.0. The number of rotatable bonds is 16. The second kappa shape index (κ2) is 17.3. The maximum atomic E-state index is 14.8. The molecular formula is C38H64N6O7. The van der Waals surface area contributed by atoms with E-state index in [1.54, 1.807) is 4.90 Å². The van der Waals surface area contributed by atoms with Crippen LogP contribution in [0, 0.1) is 28.1 Å². The first kappa shape index (κ1) is 41.8. The molecule has 3 fully saturated rings. The Bertz CT molecular complexity index is 1300. The van der Waals surface area contributed by atoms with Crippen molar-refractivity contribution in [2.75, 3.05) is 19.7 Å². The molecular weight excluding hydrogens is 652 g/mol. The molecule has 1 heterocycles. The largest absolute Gasteiger partial charge is 0.447 e. The Labute approximate surface area is 304 Å². The Kier molecular flexibility index (Phi) is 14.1. The van der Waals surface area contributed by atoms with Gasteiger partial charge in [0.1, 0.15) is 18.7 Å². The summed E-state index contributed by atoms with van der Waals surface area (Å²) >= 11 is 0. The lowest BCUT2D eigenvalue weighted by Gasteiger charge is -2.43. The van der Waals surface area contributed by atoms with Gasteiger partial charge in [-0.1, -0.05) is 86.6 Å². The van der Waals surface area contributed by atoms with Gasteiger partial charge in [-0.3, -0.25) is 19.2 Å². The fraction of sp³-hybridized carbons (Fsp3) is 0.789. The molecule has 288 valence electrons. The summed E-state index contributed by atoms with van der Waals surface area (Å²) in [5.41, 5.74) is -1.24. The van der Waals surface area contributed by atoms with Crippen LogP contribution >= 0.6 is 0 Å². The van der Waals surface area contributed by atoms with Crippen molar-refractivity contribution in [3.63, 3.8) is 0 Å². The third-order valence-corrected chi connectivity index (χ3v) is 11.2. The second-order valence-corrected chi connectivity index (χ2v) is 17.0. The number of hydrogen-bond acceptors (Lipinski definition) is 7. The van der Waals surface area contributed by atoms with Gasteiger partial charge in [0.15, 0.2) is 0 Å². The maximum absolute atomic E-state index is 14.8. The molecule has 3 rings (SSSR count). The van der Waals surface area contributed by atoms with Gasteiger partial charge in [-0.25, -0.2) is 9.59 Å². The van der Waals surface area contributed by atoms with E-state index in [0.717, 1.165) is 38.5 Å². The zero-order valence-electron chi connectivity index (χ0n) is 32.4. The fourth-order valence-corrected chi connectivity index (χ4v) is 7.78. The molecule has 13 nitrogen and oxygen atoms in total. The van der Waals surface area contributed by atoms with Crippen LogP contribution in [0.25, 0.3) is 0 Å². The number of carbonyl (C=O) groups is 6. The number of alkyl carbamates (subject to hydrolysis) is 1. The van der Waals surface area contributed by atoms with Gasteiger partial charge in [0.05, 0.1) is 12.1 Å². The van der Waals surface area contributed by atoms with Crippen molar-refractivity contribution in [1.29, 1.82) is 0 Å². The lowest BCUT2D eigenvalue weighted by atomic mass is 9.70. The van der Waals surface area contributed by atoms with E-state index < -0.39 is 64.7 Å². The number of amides is 6. The quantitative estimate of drug-likeness (QED) is 0.118. The highest BCUT2D eigenvalue weighted by Crippen LogP contribution is 2.65. The van der Waals surface area contributed by atoms with E-state index in [2.05, 4.69) is 47.0 Å². The number of hydrogen-bond donors (Lipinski definition) is 5. The zero-order chi connectivity index (χ0) is 38.3. The normalized spacial score (nSPS) is 23.5. The molecule has 6 atom stereocenters. The number of ketones is 1. The van der Waals surface area contributed by atoms with E-state index in [4.69, 9.17) is 4.74 Å². The molecule has 51 heavy (non-hydrogen) atoms. The van der Waals surface area contributed by atoms with E-state index in [0.29, 0.717) is 19.4 Å². The van der Waals surface area contributed by atoms with Crippen molar-refractivity contribution in [3.05, 3.63) is 12.7 Å². The van der Waals surface area contributed by atoms with Crippen molar-refractivity contribution in [3.8, 4) is 0 Å². The monoisotopic (exact) mass is 716 g/mol. The van der Waals surface area contributed by atoms with Crippen LogP contribution in [0.5, 0.6) is 0 Å². The van der Waals surface area contributed by atoms with E-state index in [1.807, 2.05) is 48.5 Å². The van der Waals surface area contributed by atoms with Crippen LogP contribution in [0.2, 0.25) is 0 Å². The maximum Gasteiger partial charge on any atom is 0.407 e. The third kappa shape index (κ3) is 10.5. The Morgan fingerprint density at radius 1 is 0.961 bits per heavy atom. The second-order valence-electron chi connectivity index (χ2n) is 17.0. The molecule has 6 amide bonds. The van der Waals surface area contributed by atoms with Gasteiger partial charge < -0.3 is 36.2 Å². The van der Waals surface area contributed by atoms with Crippen molar-refractivity contribution in [2.24, 2.45) is 28.1 Å². The van der Waals surface area contributed by atoms with E-state index in [-0.39, 0.29) is 42.4 Å². The predicted octanol–water partition coefficient (Wildman–Crippen LogP) is 4.20. The number of nitrogens with zero attached hydrogens (tertiary/aromatic N) is 1. The first-order valence-electron chi connectivity index (χ1n) is 18.8. The highest BCUT2D eigenvalue weighted by Gasteiger charge is 2.70. The average Bonchev–Trinajstić information content (AvgIpc) is 3.35. The third-order valence-electron chi connectivity index (χ3n) is 11.2. The summed E-state index contributed by atoms with van der Waals surface area (Å²) in [7, 11) is 0. The first-order valence-corrected chi connectivity index (χ1v) is 18.8. The number of unbranched alkanes of at least 4 members (excludes halogenated alkanes) is 1. The van der Waals surface area contributed by atoms with Gasteiger partial charge in [0.2, 0.25) is 17.6 Å². The number of carbonyl (C=O) groups excluding carboxylic acids is 6. The zero-order valence-corrected chi connectivity index (χ0v) is 32.4. The van der Waals surface area contributed by atoms with E-state index >= 15 is 0 Å². The van der Waals surface area contributed by atoms with Crippen molar-refractivity contribution in [1.82, 2.24) is 31.5 Å². The minimum Gasteiger partial charge on any atom is -0.447 e. The van der Waals surface area contributed by atoms with E-state index in [9.17, 15) is 28.8 Å². The highest BCUT2D eigenvalue weighted by molar-refractivity contribution is 6.38. The van der Waals surface area contributed by atoms with Crippen LogP contribution in [0.3, 0.4) is 0 Å². The highest BCUT2D eigenvalue weighted by atomic mass is 16.5. The van der Waals surface area contributed by atoms with Gasteiger partial charge in [0, 0.05) is 19.1 Å². The molecule has 0 spiro atoms. The Balaban J connectivity index is 1.88. The topological polar surface area (TPSA) is 175 Å². The molecule has 2 aliphatic carbocycles. The van der Waals surface area contributed by atoms with E-state index in [1.165, 1.54) is 6.08 Å². The number of urea groups is 1. The minimum atomic E-state index is -1.03. The summed E-state index contributed by atoms with van der Waals surface area (Å²) in [4.78, 5) is 82.4. The van der Waals surface area contributed by atoms with Crippen LogP contribution < -0.4 is 26.6 Å². The van der Waals surface area contributed by atoms with Gasteiger partial charge >= 0.3 is 12.1 Å². The fourth-order valence-electron chi connectivity index (χ4n) is 7.78. The van der Waals surface area contributed by atoms with Gasteiger partial charge in [-0.15, -0.1) is 6.58 Å². The number of Topliss-reactive ketones (excluding diaryl/α,β-unsaturated/α-hetero) is 1. The van der Waals surface area contributed by atoms with Crippen LogP contribution in [0.4, 0.5) is 9.59 Å². The Hall–Kier alpha value is -3.64. The summed E-state index contributed by atoms with van der Waals surface area (Å²) in [6.07, 6.45) is 6.87. The minimum absolute atomic E-state index is 0.0678. The lowest BCUT2D eigenvalue weighted by molar-refractivity contribution is -0.146. The predicted molar refractivity (Wildman–Crippen MR) is 195 cm³/mol. The molecule has 0 bridgehead atoms. The van der Waals surface area contributed by atoms with Gasteiger partial charge in [0.25, 0.3) is 5.91 Å². The molecule has 0 aromatic heterocycles. The molecule has 0 radical (unpaired) electrons.